The van der Waals surface area contributed by atoms with E-state index in [-0.39, 0.29) is 5.78 Å². The molecule has 5 aromatic rings. The number of nitrogens with zero attached hydrogens (tertiary/aromatic N) is 7. The minimum Gasteiger partial charge on any atom is -0.489 e. The van der Waals surface area contributed by atoms with Crippen molar-refractivity contribution >= 4 is 39.8 Å². The van der Waals surface area contributed by atoms with Gasteiger partial charge in [0.1, 0.15) is 29.7 Å². The fourth-order valence-electron chi connectivity index (χ4n) is 5.02. The summed E-state index contributed by atoms with van der Waals surface area (Å²) in [5.74, 6) is 8.89. The number of anilines is 3. The first-order valence-electron chi connectivity index (χ1n) is 15.2. The molecule has 6 rings (SSSR count). The monoisotopic (exact) mass is 606 g/mol. The second-order valence-electron chi connectivity index (χ2n) is 11.0. The summed E-state index contributed by atoms with van der Waals surface area (Å²) in [6.07, 6.45) is 8.40. The third-order valence-electron chi connectivity index (χ3n) is 7.16. The fourth-order valence-corrected chi connectivity index (χ4v) is 5.02. The summed E-state index contributed by atoms with van der Waals surface area (Å²) < 4.78 is 14.0. The molecule has 0 saturated carbocycles. The Morgan fingerprint density at radius 1 is 1.13 bits per heavy atom. The van der Waals surface area contributed by atoms with Crippen LogP contribution in [0.4, 0.5) is 17.3 Å². The number of ketones is 1. The standard InChI is InChI=1S/C29H32N8O2.C5H6O/c1-4-5-6-10-36-15-19(2)16-38-25-14-23-27(35-29(25)36)28(32-17-30-23)34-21-7-8-24(20(3)12-21)39-22-9-11-37-26(13-22)31-18-33-37;1-3-4-5(2)6/h7-9,11-14,17-19H,4-6,10,15-16H2,1-3H3,(H,30,32,34);1-2H3. The van der Waals surface area contributed by atoms with Crippen molar-refractivity contribution in [1.82, 2.24) is 29.5 Å². The van der Waals surface area contributed by atoms with Crippen LogP contribution in [-0.4, -0.2) is 55.0 Å². The average Bonchev–Trinajstić information content (AvgIpc) is 3.43. The van der Waals surface area contributed by atoms with Gasteiger partial charge in [-0.25, -0.2) is 24.5 Å². The van der Waals surface area contributed by atoms with Crippen LogP contribution in [0.5, 0.6) is 17.2 Å². The maximum absolute atomic E-state index is 9.87. The van der Waals surface area contributed by atoms with Crippen molar-refractivity contribution in [3.63, 3.8) is 0 Å². The van der Waals surface area contributed by atoms with Crippen molar-refractivity contribution in [2.75, 3.05) is 29.9 Å². The Morgan fingerprint density at radius 3 is 2.76 bits per heavy atom. The molecule has 5 heterocycles. The number of benzene rings is 1. The first-order valence-corrected chi connectivity index (χ1v) is 15.2. The van der Waals surface area contributed by atoms with Gasteiger partial charge in [0.05, 0.1) is 12.1 Å². The third-order valence-corrected chi connectivity index (χ3v) is 7.16. The molecule has 1 N–H and O–H groups in total. The highest BCUT2D eigenvalue weighted by atomic mass is 16.5. The van der Waals surface area contributed by atoms with E-state index in [2.05, 4.69) is 56.0 Å². The van der Waals surface area contributed by atoms with Gasteiger partial charge in [0, 0.05) is 49.9 Å². The van der Waals surface area contributed by atoms with Crippen LogP contribution in [0.15, 0.2) is 55.2 Å². The number of aryl methyl sites for hydroxylation is 1. The number of pyridine rings is 2. The molecule has 45 heavy (non-hydrogen) atoms. The summed E-state index contributed by atoms with van der Waals surface area (Å²) in [6, 6.07) is 11.7. The number of unbranched alkanes of at least 4 members (excludes halogenated alkanes) is 2. The molecule has 1 aliphatic rings. The van der Waals surface area contributed by atoms with Gasteiger partial charge >= 0.3 is 0 Å². The van der Waals surface area contributed by atoms with Crippen LogP contribution in [0.3, 0.4) is 0 Å². The van der Waals surface area contributed by atoms with E-state index >= 15 is 0 Å². The summed E-state index contributed by atoms with van der Waals surface area (Å²) in [6.45, 7) is 12.1. The first kappa shape index (κ1) is 31.2. The van der Waals surface area contributed by atoms with Crippen LogP contribution in [0.25, 0.3) is 16.7 Å². The molecule has 0 fully saturated rings. The Balaban J connectivity index is 0.000000609. The second kappa shape index (κ2) is 14.5. The Labute approximate surface area is 263 Å². The Morgan fingerprint density at radius 2 is 2.00 bits per heavy atom. The first-order chi connectivity index (χ1) is 21.8. The van der Waals surface area contributed by atoms with E-state index in [1.165, 1.54) is 26.1 Å². The molecule has 1 unspecified atom stereocenters. The lowest BCUT2D eigenvalue weighted by Gasteiger charge is -2.24. The molecule has 0 radical (unpaired) electrons. The van der Waals surface area contributed by atoms with Crippen molar-refractivity contribution < 1.29 is 14.3 Å². The molecule has 232 valence electrons. The predicted octanol–water partition coefficient (Wildman–Crippen LogP) is 6.54. The molecule has 0 spiro atoms. The molecule has 1 aliphatic heterocycles. The number of nitrogens with one attached hydrogen (secondary N) is 1. The van der Waals surface area contributed by atoms with Gasteiger partial charge in [-0.05, 0) is 56.0 Å². The predicted molar refractivity (Wildman–Crippen MR) is 175 cm³/mol. The van der Waals surface area contributed by atoms with E-state index in [0.29, 0.717) is 24.1 Å². The smallest absolute Gasteiger partial charge is 0.202 e. The number of fused-ring (bicyclic) bond motifs is 3. The lowest BCUT2D eigenvalue weighted by atomic mass is 10.1. The number of ether oxygens (including phenoxy) is 2. The summed E-state index contributed by atoms with van der Waals surface area (Å²) >= 11 is 0. The van der Waals surface area contributed by atoms with Crippen molar-refractivity contribution in [2.45, 2.75) is 53.9 Å². The molecule has 0 aliphatic carbocycles. The Kier molecular flexibility index (Phi) is 10.0. The van der Waals surface area contributed by atoms with Gasteiger partial charge < -0.3 is 19.7 Å². The molecule has 1 atom stereocenters. The lowest BCUT2D eigenvalue weighted by Crippen LogP contribution is -2.30. The van der Waals surface area contributed by atoms with E-state index in [0.717, 1.165) is 64.8 Å². The summed E-state index contributed by atoms with van der Waals surface area (Å²) in [5, 5.41) is 7.57. The van der Waals surface area contributed by atoms with Crippen LogP contribution in [-0.2, 0) is 4.79 Å². The number of carbonyl (C=O) groups excluding carboxylic acids is 1. The van der Waals surface area contributed by atoms with Crippen LogP contribution in [0, 0.1) is 24.7 Å². The molecule has 4 aromatic heterocycles. The van der Waals surface area contributed by atoms with Crippen molar-refractivity contribution in [3.8, 4) is 29.1 Å². The lowest BCUT2D eigenvalue weighted by molar-refractivity contribution is -0.111. The number of hydrogen-bond acceptors (Lipinski definition) is 10. The number of Topliss-reactive ketones (excluding diaryl/α,β-unsaturated/α-hetero) is 1. The van der Waals surface area contributed by atoms with Crippen molar-refractivity contribution in [1.29, 1.82) is 0 Å². The van der Waals surface area contributed by atoms with Crippen molar-refractivity contribution in [2.24, 2.45) is 5.92 Å². The molecule has 0 bridgehead atoms. The molecular formula is C34H38N8O3. The van der Waals surface area contributed by atoms with Gasteiger partial charge in [0.25, 0.3) is 0 Å². The quantitative estimate of drug-likeness (QED) is 0.118. The number of aromatic nitrogens is 6. The van der Waals surface area contributed by atoms with E-state index < -0.39 is 0 Å². The molecule has 0 amide bonds. The Hall–Kier alpha value is -5.24. The topological polar surface area (TPSA) is 120 Å². The van der Waals surface area contributed by atoms with Crippen LogP contribution in [0.1, 0.15) is 52.5 Å². The van der Waals surface area contributed by atoms with Crippen molar-refractivity contribution in [3.05, 3.63) is 60.8 Å². The van der Waals surface area contributed by atoms with Gasteiger partial charge in [-0.2, -0.15) is 5.10 Å². The van der Waals surface area contributed by atoms with Crippen LogP contribution in [0.2, 0.25) is 0 Å². The fraction of sp³-hybridized carbons (Fsp3) is 0.353. The summed E-state index contributed by atoms with van der Waals surface area (Å²) in [4.78, 5) is 30.5. The summed E-state index contributed by atoms with van der Waals surface area (Å²) in [5.41, 5.74) is 4.05. The SMILES string of the molecule is CC#CC(C)=O.CCCCCN1CC(C)COc2cc3ncnc(Nc4ccc(Oc5ccn6ncnc6c5)c(C)c4)c3nc21. The minimum atomic E-state index is -0.0718. The highest BCUT2D eigenvalue weighted by molar-refractivity contribution is 5.93. The van der Waals surface area contributed by atoms with E-state index in [9.17, 15) is 4.79 Å². The highest BCUT2D eigenvalue weighted by Gasteiger charge is 2.24. The van der Waals surface area contributed by atoms with Gasteiger partial charge in [0.15, 0.2) is 23.0 Å². The Bertz CT molecular complexity index is 1860. The average molecular weight is 607 g/mol. The number of rotatable bonds is 8. The second-order valence-corrected chi connectivity index (χ2v) is 11.0. The largest absolute Gasteiger partial charge is 0.489 e. The van der Waals surface area contributed by atoms with Crippen LogP contribution < -0.4 is 19.7 Å². The molecule has 0 saturated heterocycles. The van der Waals surface area contributed by atoms with E-state index in [1.54, 1.807) is 17.8 Å². The van der Waals surface area contributed by atoms with Crippen LogP contribution >= 0.6 is 0 Å². The molecule has 1 aromatic carbocycles. The maximum Gasteiger partial charge on any atom is 0.202 e. The normalized spacial score (nSPS) is 13.9. The van der Waals surface area contributed by atoms with E-state index in [4.69, 9.17) is 14.5 Å². The van der Waals surface area contributed by atoms with Gasteiger partial charge in [-0.15, -0.1) is 0 Å². The summed E-state index contributed by atoms with van der Waals surface area (Å²) in [7, 11) is 0. The molecule has 11 heteroatoms. The number of carbonyl (C=O) groups is 1. The van der Waals surface area contributed by atoms with Gasteiger partial charge in [0.2, 0.25) is 5.78 Å². The zero-order valence-electron chi connectivity index (χ0n) is 26.4. The maximum atomic E-state index is 9.87. The zero-order chi connectivity index (χ0) is 31.8. The van der Waals surface area contributed by atoms with Gasteiger partial charge in [-0.1, -0.05) is 32.6 Å². The number of hydrogen-bond donors (Lipinski definition) is 1. The van der Waals surface area contributed by atoms with Gasteiger partial charge in [-0.3, -0.25) is 4.79 Å². The third kappa shape index (κ3) is 7.84. The zero-order valence-corrected chi connectivity index (χ0v) is 26.4. The minimum absolute atomic E-state index is 0.0718. The van der Waals surface area contributed by atoms with E-state index in [1.807, 2.05) is 49.5 Å². The molecular weight excluding hydrogens is 568 g/mol. The highest BCUT2D eigenvalue weighted by Crippen LogP contribution is 2.36. The molecule has 11 nitrogen and oxygen atoms in total.